The summed E-state index contributed by atoms with van der Waals surface area (Å²) >= 11 is 0. The van der Waals surface area contributed by atoms with E-state index in [4.69, 9.17) is 0 Å². The van der Waals surface area contributed by atoms with Crippen molar-refractivity contribution >= 4 is 11.8 Å². The summed E-state index contributed by atoms with van der Waals surface area (Å²) in [6, 6.07) is 3.63. The lowest BCUT2D eigenvalue weighted by molar-refractivity contribution is -0.119. The molecule has 2 heterocycles. The summed E-state index contributed by atoms with van der Waals surface area (Å²) in [7, 11) is 0. The van der Waals surface area contributed by atoms with Gasteiger partial charge in [-0.3, -0.25) is 14.6 Å². The molecule has 6 heteroatoms. The van der Waals surface area contributed by atoms with E-state index in [-0.39, 0.29) is 17.9 Å². The quantitative estimate of drug-likeness (QED) is 0.733. The highest BCUT2D eigenvalue weighted by molar-refractivity contribution is 5.94. The molecule has 0 saturated carbocycles. The second kappa shape index (κ2) is 7.00. The minimum absolute atomic E-state index is 0.0802. The lowest BCUT2D eigenvalue weighted by Gasteiger charge is -2.23. The van der Waals surface area contributed by atoms with Crippen molar-refractivity contribution in [3.8, 4) is 0 Å². The smallest absolute Gasteiger partial charge is 0.251 e. The third kappa shape index (κ3) is 4.31. The molecule has 6 nitrogen and oxygen atoms in total. The Kier molecular flexibility index (Phi) is 5.06. The lowest BCUT2D eigenvalue weighted by atomic mass is 10.1. The standard InChI is InChI=1S/C14H20N4O2/c1-10(19)17-9-13-8-11(2-7-16-13)14(20)18-12-3-5-15-6-4-12/h2,7-8,12,15H,3-6,9H2,1H3,(H,17,19)(H,18,20). The Morgan fingerprint density at radius 1 is 1.40 bits per heavy atom. The fraction of sp³-hybridized carbons (Fsp3) is 0.500. The summed E-state index contributed by atoms with van der Waals surface area (Å²) in [4.78, 5) is 27.2. The van der Waals surface area contributed by atoms with Crippen molar-refractivity contribution in [2.45, 2.75) is 32.4 Å². The molecule has 1 aliphatic heterocycles. The molecule has 20 heavy (non-hydrogen) atoms. The van der Waals surface area contributed by atoms with Gasteiger partial charge in [-0.05, 0) is 38.1 Å². The van der Waals surface area contributed by atoms with Crippen molar-refractivity contribution in [1.29, 1.82) is 0 Å². The fourth-order valence-electron chi connectivity index (χ4n) is 2.17. The minimum Gasteiger partial charge on any atom is -0.351 e. The first-order valence-electron chi connectivity index (χ1n) is 6.86. The largest absolute Gasteiger partial charge is 0.351 e. The van der Waals surface area contributed by atoms with Gasteiger partial charge in [0.05, 0.1) is 12.2 Å². The van der Waals surface area contributed by atoms with Crippen LogP contribution in [0.4, 0.5) is 0 Å². The molecule has 0 radical (unpaired) electrons. The van der Waals surface area contributed by atoms with E-state index < -0.39 is 0 Å². The maximum atomic E-state index is 12.2. The van der Waals surface area contributed by atoms with Gasteiger partial charge in [-0.1, -0.05) is 0 Å². The van der Waals surface area contributed by atoms with Crippen LogP contribution in [0.2, 0.25) is 0 Å². The van der Waals surface area contributed by atoms with Crippen LogP contribution in [0.25, 0.3) is 0 Å². The minimum atomic E-state index is -0.114. The average molecular weight is 276 g/mol. The second-order valence-corrected chi connectivity index (χ2v) is 4.94. The van der Waals surface area contributed by atoms with Gasteiger partial charge in [0.25, 0.3) is 5.91 Å². The van der Waals surface area contributed by atoms with E-state index in [9.17, 15) is 9.59 Å². The second-order valence-electron chi connectivity index (χ2n) is 4.94. The van der Waals surface area contributed by atoms with Gasteiger partial charge >= 0.3 is 0 Å². The maximum Gasteiger partial charge on any atom is 0.251 e. The number of carbonyl (C=O) groups excluding carboxylic acids is 2. The van der Waals surface area contributed by atoms with Gasteiger partial charge in [0, 0.05) is 24.7 Å². The molecule has 1 saturated heterocycles. The predicted molar refractivity (Wildman–Crippen MR) is 75.1 cm³/mol. The monoisotopic (exact) mass is 276 g/mol. The molecule has 0 aromatic carbocycles. The Bertz CT molecular complexity index is 484. The van der Waals surface area contributed by atoms with Crippen LogP contribution in [0, 0.1) is 0 Å². The van der Waals surface area contributed by atoms with Crippen molar-refractivity contribution < 1.29 is 9.59 Å². The predicted octanol–water partition coefficient (Wildman–Crippen LogP) is 0.200. The number of hydrogen-bond donors (Lipinski definition) is 3. The summed E-state index contributed by atoms with van der Waals surface area (Å²) in [6.07, 6.45) is 3.50. The topological polar surface area (TPSA) is 83.1 Å². The molecule has 1 aromatic heterocycles. The van der Waals surface area contributed by atoms with E-state index in [2.05, 4.69) is 20.9 Å². The third-order valence-corrected chi connectivity index (χ3v) is 3.27. The molecule has 2 rings (SSSR count). The van der Waals surface area contributed by atoms with E-state index in [1.54, 1.807) is 18.3 Å². The molecule has 2 amide bonds. The number of aromatic nitrogens is 1. The molecular weight excluding hydrogens is 256 g/mol. The van der Waals surface area contributed by atoms with Crippen molar-refractivity contribution in [3.63, 3.8) is 0 Å². The number of rotatable bonds is 4. The molecular formula is C14H20N4O2. The highest BCUT2D eigenvalue weighted by Gasteiger charge is 2.16. The van der Waals surface area contributed by atoms with Crippen LogP contribution in [-0.4, -0.2) is 35.9 Å². The number of hydrogen-bond acceptors (Lipinski definition) is 4. The summed E-state index contributed by atoms with van der Waals surface area (Å²) in [5.74, 6) is -0.195. The van der Waals surface area contributed by atoms with E-state index in [1.165, 1.54) is 6.92 Å². The summed E-state index contributed by atoms with van der Waals surface area (Å²) in [6.45, 7) is 3.67. The molecule has 1 fully saturated rings. The van der Waals surface area contributed by atoms with Gasteiger partial charge in [-0.25, -0.2) is 0 Å². The molecule has 108 valence electrons. The lowest BCUT2D eigenvalue weighted by Crippen LogP contribution is -2.42. The summed E-state index contributed by atoms with van der Waals surface area (Å²) < 4.78 is 0. The zero-order chi connectivity index (χ0) is 14.4. The van der Waals surface area contributed by atoms with Crippen LogP contribution < -0.4 is 16.0 Å². The van der Waals surface area contributed by atoms with Crippen LogP contribution in [-0.2, 0) is 11.3 Å². The molecule has 3 N–H and O–H groups in total. The molecule has 1 aliphatic rings. The first-order chi connectivity index (χ1) is 9.65. The first-order valence-corrected chi connectivity index (χ1v) is 6.86. The fourth-order valence-corrected chi connectivity index (χ4v) is 2.17. The molecule has 0 bridgehead atoms. The van der Waals surface area contributed by atoms with Gasteiger partial charge < -0.3 is 16.0 Å². The Morgan fingerprint density at radius 3 is 2.85 bits per heavy atom. The third-order valence-electron chi connectivity index (χ3n) is 3.27. The van der Waals surface area contributed by atoms with E-state index in [0.717, 1.165) is 25.9 Å². The molecule has 0 aliphatic carbocycles. The van der Waals surface area contributed by atoms with Crippen molar-refractivity contribution in [1.82, 2.24) is 20.9 Å². The zero-order valence-electron chi connectivity index (χ0n) is 11.6. The highest BCUT2D eigenvalue weighted by Crippen LogP contribution is 2.06. The maximum absolute atomic E-state index is 12.2. The Labute approximate surface area is 118 Å². The molecule has 0 atom stereocenters. The Balaban J connectivity index is 1.94. The van der Waals surface area contributed by atoms with Crippen LogP contribution in [0.5, 0.6) is 0 Å². The van der Waals surface area contributed by atoms with Gasteiger partial charge in [0.15, 0.2) is 0 Å². The molecule has 0 spiro atoms. The van der Waals surface area contributed by atoms with Crippen LogP contribution in [0.1, 0.15) is 35.8 Å². The number of amides is 2. The van der Waals surface area contributed by atoms with Gasteiger partial charge in [0.2, 0.25) is 5.91 Å². The molecule has 0 unspecified atom stereocenters. The van der Waals surface area contributed by atoms with Crippen LogP contribution in [0.15, 0.2) is 18.3 Å². The number of piperidine rings is 1. The average Bonchev–Trinajstić information content (AvgIpc) is 2.46. The van der Waals surface area contributed by atoms with Crippen LogP contribution >= 0.6 is 0 Å². The van der Waals surface area contributed by atoms with Gasteiger partial charge in [0.1, 0.15) is 0 Å². The van der Waals surface area contributed by atoms with Gasteiger partial charge in [-0.2, -0.15) is 0 Å². The van der Waals surface area contributed by atoms with Gasteiger partial charge in [-0.15, -0.1) is 0 Å². The first kappa shape index (κ1) is 14.5. The number of nitrogens with one attached hydrogen (secondary N) is 3. The Hall–Kier alpha value is -1.95. The number of pyridine rings is 1. The van der Waals surface area contributed by atoms with Crippen molar-refractivity contribution in [2.24, 2.45) is 0 Å². The number of carbonyl (C=O) groups is 2. The number of nitrogens with zero attached hydrogens (tertiary/aromatic N) is 1. The SMILES string of the molecule is CC(=O)NCc1cc(C(=O)NC2CCNCC2)ccn1. The van der Waals surface area contributed by atoms with E-state index in [1.807, 2.05) is 0 Å². The van der Waals surface area contributed by atoms with Crippen molar-refractivity contribution in [3.05, 3.63) is 29.6 Å². The van der Waals surface area contributed by atoms with E-state index in [0.29, 0.717) is 17.8 Å². The van der Waals surface area contributed by atoms with Crippen molar-refractivity contribution in [2.75, 3.05) is 13.1 Å². The zero-order valence-corrected chi connectivity index (χ0v) is 11.6. The summed E-state index contributed by atoms with van der Waals surface area (Å²) in [5, 5.41) is 8.96. The Morgan fingerprint density at radius 2 is 2.15 bits per heavy atom. The van der Waals surface area contributed by atoms with E-state index >= 15 is 0 Å². The normalized spacial score (nSPS) is 15.7. The highest BCUT2D eigenvalue weighted by atomic mass is 16.2. The summed E-state index contributed by atoms with van der Waals surface area (Å²) in [5.41, 5.74) is 1.26. The molecule has 1 aromatic rings. The van der Waals surface area contributed by atoms with Crippen LogP contribution in [0.3, 0.4) is 0 Å².